The van der Waals surface area contributed by atoms with Crippen LogP contribution in [0.2, 0.25) is 0 Å². The number of carboxylic acids is 1. The van der Waals surface area contributed by atoms with Crippen molar-refractivity contribution >= 4 is 26.8 Å². The number of rotatable bonds is 8. The van der Waals surface area contributed by atoms with Crippen molar-refractivity contribution in [2.24, 2.45) is 0 Å². The molecule has 1 unspecified atom stereocenters. The van der Waals surface area contributed by atoms with Crippen molar-refractivity contribution in [2.75, 3.05) is 11.5 Å². The third kappa shape index (κ3) is 6.09. The molecule has 0 radical (unpaired) electrons. The van der Waals surface area contributed by atoms with Crippen molar-refractivity contribution in [2.45, 2.75) is 25.5 Å². The molecule has 1 saturated heterocycles. The van der Waals surface area contributed by atoms with Crippen LogP contribution in [0.4, 0.5) is 13.2 Å². The standard InChI is InChI=1S/C32H23F3N4O5S/c33-24-10-18(15-36)4-5-20(24)16-44-31-3-1-2-27(38-31)23-14-25(34)21(11-26(23)35)13-30-37-28-7-6-19(32(40)41)12-29(28)39(30)22-8-9-45(42,43)17-22/h1-7,10-12,14,22H,8-9,13,16-17H2,(H,40,41). The molecule has 228 valence electrons. The molecule has 0 aliphatic carbocycles. The molecule has 1 atom stereocenters. The Morgan fingerprint density at radius 1 is 1.00 bits per heavy atom. The lowest BCUT2D eigenvalue weighted by atomic mass is 10.0. The van der Waals surface area contributed by atoms with Crippen molar-refractivity contribution in [1.82, 2.24) is 14.5 Å². The summed E-state index contributed by atoms with van der Waals surface area (Å²) in [5.41, 5.74) is 1.00. The quantitative estimate of drug-likeness (QED) is 0.233. The molecule has 6 rings (SSSR count). The predicted octanol–water partition coefficient (Wildman–Crippen LogP) is 5.61. The molecule has 5 aromatic rings. The van der Waals surface area contributed by atoms with E-state index in [2.05, 4.69) is 9.97 Å². The van der Waals surface area contributed by atoms with Crippen LogP contribution in [0.15, 0.2) is 66.7 Å². The maximum absolute atomic E-state index is 15.5. The molecule has 3 heterocycles. The second-order valence-corrected chi connectivity index (χ2v) is 12.9. The van der Waals surface area contributed by atoms with Crippen molar-refractivity contribution in [3.8, 4) is 23.2 Å². The van der Waals surface area contributed by atoms with Crippen molar-refractivity contribution in [1.29, 1.82) is 5.26 Å². The molecule has 0 amide bonds. The van der Waals surface area contributed by atoms with E-state index in [4.69, 9.17) is 10.00 Å². The van der Waals surface area contributed by atoms with Crippen LogP contribution in [0.3, 0.4) is 0 Å². The molecule has 13 heteroatoms. The smallest absolute Gasteiger partial charge is 0.335 e. The topological polar surface area (TPSA) is 135 Å². The number of benzene rings is 3. The zero-order valence-electron chi connectivity index (χ0n) is 23.4. The highest BCUT2D eigenvalue weighted by Crippen LogP contribution is 2.33. The summed E-state index contributed by atoms with van der Waals surface area (Å²) in [6, 6.07) is 16.0. The summed E-state index contributed by atoms with van der Waals surface area (Å²) in [7, 11) is -3.33. The predicted molar refractivity (Wildman–Crippen MR) is 157 cm³/mol. The van der Waals surface area contributed by atoms with Gasteiger partial charge in [0.05, 0.1) is 51.5 Å². The van der Waals surface area contributed by atoms with E-state index in [-0.39, 0.29) is 76.2 Å². The molecule has 1 aliphatic rings. The van der Waals surface area contributed by atoms with E-state index in [0.717, 1.165) is 18.2 Å². The van der Waals surface area contributed by atoms with Gasteiger partial charge in [0.2, 0.25) is 5.88 Å². The van der Waals surface area contributed by atoms with E-state index in [1.54, 1.807) is 4.57 Å². The lowest BCUT2D eigenvalue weighted by molar-refractivity contribution is 0.0697. The molecular formula is C32H23F3N4O5S. The number of halogens is 3. The molecule has 1 fully saturated rings. The number of imidazole rings is 1. The average molecular weight is 633 g/mol. The SMILES string of the molecule is N#Cc1ccc(COc2cccc(-c3cc(F)c(Cc4nc5ccc(C(=O)O)cc5n4C4CCS(=O)(=O)C4)cc3F)n2)c(F)c1. The molecule has 45 heavy (non-hydrogen) atoms. The van der Waals surface area contributed by atoms with Gasteiger partial charge in [-0.2, -0.15) is 5.26 Å². The summed E-state index contributed by atoms with van der Waals surface area (Å²) >= 11 is 0. The first-order valence-corrected chi connectivity index (χ1v) is 15.5. The minimum atomic E-state index is -3.33. The zero-order valence-corrected chi connectivity index (χ0v) is 24.2. The number of hydrogen-bond acceptors (Lipinski definition) is 7. The maximum Gasteiger partial charge on any atom is 0.335 e. The number of aromatic nitrogens is 3. The van der Waals surface area contributed by atoms with Crippen LogP contribution < -0.4 is 4.74 Å². The number of nitrogens with zero attached hydrogens (tertiary/aromatic N) is 4. The Labute approximate surface area is 255 Å². The van der Waals surface area contributed by atoms with Crippen LogP contribution in [0.1, 0.15) is 45.3 Å². The Balaban J connectivity index is 1.29. The molecule has 0 saturated carbocycles. The van der Waals surface area contributed by atoms with E-state index in [1.165, 1.54) is 48.5 Å². The highest BCUT2D eigenvalue weighted by Gasteiger charge is 2.32. The molecule has 9 nitrogen and oxygen atoms in total. The van der Waals surface area contributed by atoms with E-state index in [9.17, 15) is 22.7 Å². The number of sulfone groups is 1. The minimum absolute atomic E-state index is 0.0154. The van der Waals surface area contributed by atoms with Crippen LogP contribution in [-0.2, 0) is 22.9 Å². The highest BCUT2D eigenvalue weighted by molar-refractivity contribution is 7.91. The molecule has 2 aromatic heterocycles. The Bertz CT molecular complexity index is 2140. The number of nitriles is 1. The molecule has 1 aliphatic heterocycles. The van der Waals surface area contributed by atoms with Crippen molar-refractivity contribution in [3.63, 3.8) is 0 Å². The van der Waals surface area contributed by atoms with E-state index in [0.29, 0.717) is 11.0 Å². The first-order valence-electron chi connectivity index (χ1n) is 13.7. The van der Waals surface area contributed by atoms with Gasteiger partial charge in [-0.3, -0.25) is 0 Å². The monoisotopic (exact) mass is 632 g/mol. The number of fused-ring (bicyclic) bond motifs is 1. The number of pyridine rings is 1. The number of carbonyl (C=O) groups is 1. The van der Waals surface area contributed by atoms with Gasteiger partial charge < -0.3 is 14.4 Å². The second-order valence-electron chi connectivity index (χ2n) is 10.6. The van der Waals surface area contributed by atoms with Gasteiger partial charge in [-0.05, 0) is 60.5 Å². The van der Waals surface area contributed by atoms with E-state index < -0.39 is 39.3 Å². The largest absolute Gasteiger partial charge is 0.478 e. The summed E-state index contributed by atoms with van der Waals surface area (Å²) in [4.78, 5) is 20.4. The molecule has 1 N–H and O–H groups in total. The second kappa shape index (κ2) is 11.7. The third-order valence-corrected chi connectivity index (χ3v) is 9.38. The van der Waals surface area contributed by atoms with Gasteiger partial charge in [-0.1, -0.05) is 12.1 Å². The summed E-state index contributed by atoms with van der Waals surface area (Å²) in [6.07, 6.45) is 0.0825. The maximum atomic E-state index is 15.5. The molecule has 0 spiro atoms. The first kappa shape index (κ1) is 29.8. The van der Waals surface area contributed by atoms with Crippen LogP contribution >= 0.6 is 0 Å². The Morgan fingerprint density at radius 3 is 2.51 bits per heavy atom. The summed E-state index contributed by atoms with van der Waals surface area (Å²) < 4.78 is 77.0. The Kier molecular flexibility index (Phi) is 7.76. The number of aromatic carboxylic acids is 1. The van der Waals surface area contributed by atoms with E-state index in [1.807, 2.05) is 6.07 Å². The Morgan fingerprint density at radius 2 is 1.80 bits per heavy atom. The van der Waals surface area contributed by atoms with Crippen LogP contribution in [0.25, 0.3) is 22.3 Å². The van der Waals surface area contributed by atoms with Gasteiger partial charge in [-0.15, -0.1) is 0 Å². The summed E-state index contributed by atoms with van der Waals surface area (Å²) in [6.45, 7) is -0.207. The fourth-order valence-electron chi connectivity index (χ4n) is 5.41. The number of carboxylic acid groups (broad SMARTS) is 1. The average Bonchev–Trinajstić information content (AvgIpc) is 3.55. The zero-order chi connectivity index (χ0) is 31.9. The highest BCUT2D eigenvalue weighted by atomic mass is 32.2. The minimum Gasteiger partial charge on any atom is -0.478 e. The summed E-state index contributed by atoms with van der Waals surface area (Å²) in [5.74, 6) is -3.26. The Hall–Kier alpha value is -5.22. The summed E-state index contributed by atoms with van der Waals surface area (Å²) in [5, 5.41) is 18.4. The fourth-order valence-corrected chi connectivity index (χ4v) is 7.11. The van der Waals surface area contributed by atoms with Gasteiger partial charge in [-0.25, -0.2) is 36.4 Å². The van der Waals surface area contributed by atoms with Gasteiger partial charge in [0.25, 0.3) is 0 Å². The molecule has 0 bridgehead atoms. The first-order chi connectivity index (χ1) is 21.5. The van der Waals surface area contributed by atoms with Crippen molar-refractivity contribution in [3.05, 3.63) is 112 Å². The van der Waals surface area contributed by atoms with Crippen LogP contribution in [0, 0.1) is 28.8 Å². The van der Waals surface area contributed by atoms with Crippen LogP contribution in [0.5, 0.6) is 5.88 Å². The van der Waals surface area contributed by atoms with Crippen LogP contribution in [-0.4, -0.2) is 45.5 Å². The van der Waals surface area contributed by atoms with E-state index >= 15 is 8.78 Å². The molecule has 3 aromatic carbocycles. The normalized spacial score (nSPS) is 15.6. The lowest BCUT2D eigenvalue weighted by Crippen LogP contribution is -2.15. The number of hydrogen-bond donors (Lipinski definition) is 1. The van der Waals surface area contributed by atoms with Gasteiger partial charge in [0.15, 0.2) is 9.84 Å². The van der Waals surface area contributed by atoms with Gasteiger partial charge in [0, 0.05) is 23.6 Å². The lowest BCUT2D eigenvalue weighted by Gasteiger charge is -2.16. The third-order valence-electron chi connectivity index (χ3n) is 7.62. The van der Waals surface area contributed by atoms with Gasteiger partial charge in [0.1, 0.15) is 29.9 Å². The fraction of sp³-hybridized carbons (Fsp3) is 0.188. The molecular weight excluding hydrogens is 609 g/mol. The van der Waals surface area contributed by atoms with Crippen molar-refractivity contribution < 1.29 is 36.2 Å². The van der Waals surface area contributed by atoms with Gasteiger partial charge >= 0.3 is 5.97 Å². The number of ether oxygens (including phenoxy) is 1.